The Morgan fingerprint density at radius 2 is 1.92 bits per heavy atom. The summed E-state index contributed by atoms with van der Waals surface area (Å²) in [5.74, 6) is -0.740. The van der Waals surface area contributed by atoms with Crippen LogP contribution in [-0.4, -0.2) is 40.4 Å². The molecule has 0 radical (unpaired) electrons. The van der Waals surface area contributed by atoms with Crippen LogP contribution in [0.4, 0.5) is 10.1 Å². The standard InChI is InChI=1S/C24H21BrCl2FN3O5S/c1-35-22-10-15(9-18(25)24(22)36-14-16-7-8-17(26)11-19(16)27)12-29-30-23(32)13-31(37(2,33)34)21-6-4-3-5-20(21)28/h3-12H,13-14H2,1-2H3,(H,30,32)/b29-12-. The molecule has 37 heavy (non-hydrogen) atoms. The summed E-state index contributed by atoms with van der Waals surface area (Å²) in [5, 5.41) is 4.84. The molecule has 0 aromatic heterocycles. The molecule has 3 aromatic rings. The number of methoxy groups -OCH3 is 1. The average Bonchev–Trinajstić information content (AvgIpc) is 2.82. The molecule has 1 N–H and O–H groups in total. The van der Waals surface area contributed by atoms with Crippen LogP contribution in [0, 0.1) is 5.82 Å². The lowest BCUT2D eigenvalue weighted by atomic mass is 10.2. The Morgan fingerprint density at radius 1 is 1.19 bits per heavy atom. The molecule has 0 fully saturated rings. The smallest absolute Gasteiger partial charge is 0.260 e. The van der Waals surface area contributed by atoms with E-state index in [1.165, 1.54) is 31.5 Å². The number of benzene rings is 3. The van der Waals surface area contributed by atoms with E-state index in [4.69, 9.17) is 32.7 Å². The van der Waals surface area contributed by atoms with Crippen molar-refractivity contribution in [3.63, 3.8) is 0 Å². The topological polar surface area (TPSA) is 97.3 Å². The summed E-state index contributed by atoms with van der Waals surface area (Å²) in [6.07, 6.45) is 2.21. The second-order valence-electron chi connectivity index (χ2n) is 7.57. The van der Waals surface area contributed by atoms with E-state index in [9.17, 15) is 17.6 Å². The van der Waals surface area contributed by atoms with Gasteiger partial charge in [-0.15, -0.1) is 0 Å². The average molecular weight is 633 g/mol. The van der Waals surface area contributed by atoms with Crippen molar-refractivity contribution in [2.24, 2.45) is 5.10 Å². The Bertz CT molecular complexity index is 1440. The van der Waals surface area contributed by atoms with Crippen molar-refractivity contribution in [3.05, 3.63) is 86.1 Å². The zero-order valence-electron chi connectivity index (χ0n) is 19.5. The van der Waals surface area contributed by atoms with Crippen LogP contribution in [0.15, 0.2) is 64.2 Å². The van der Waals surface area contributed by atoms with Crippen LogP contribution < -0.4 is 19.2 Å². The second kappa shape index (κ2) is 12.6. The van der Waals surface area contributed by atoms with Crippen molar-refractivity contribution in [1.82, 2.24) is 5.43 Å². The van der Waals surface area contributed by atoms with Gasteiger partial charge in [-0.25, -0.2) is 18.2 Å². The lowest BCUT2D eigenvalue weighted by Gasteiger charge is -2.21. The number of hydrazone groups is 1. The molecule has 1 amide bonds. The molecule has 0 aliphatic carbocycles. The summed E-state index contributed by atoms with van der Waals surface area (Å²) < 4.78 is 50.9. The highest BCUT2D eigenvalue weighted by Crippen LogP contribution is 2.37. The van der Waals surface area contributed by atoms with Gasteiger partial charge in [-0.2, -0.15) is 5.10 Å². The fourth-order valence-corrected chi connectivity index (χ4v) is 5.02. The monoisotopic (exact) mass is 631 g/mol. The van der Waals surface area contributed by atoms with Crippen molar-refractivity contribution >= 4 is 67.0 Å². The molecule has 3 rings (SSSR count). The van der Waals surface area contributed by atoms with Gasteiger partial charge in [-0.3, -0.25) is 9.10 Å². The highest BCUT2D eigenvalue weighted by atomic mass is 79.9. The molecule has 8 nitrogen and oxygen atoms in total. The quantitative estimate of drug-likeness (QED) is 0.239. The van der Waals surface area contributed by atoms with E-state index >= 15 is 0 Å². The molecule has 13 heteroatoms. The number of ether oxygens (including phenoxy) is 2. The van der Waals surface area contributed by atoms with Crippen molar-refractivity contribution in [2.45, 2.75) is 6.61 Å². The number of amides is 1. The fourth-order valence-electron chi connectivity index (χ4n) is 3.12. The summed E-state index contributed by atoms with van der Waals surface area (Å²) in [6.45, 7) is -0.503. The van der Waals surface area contributed by atoms with Crippen LogP contribution in [0.25, 0.3) is 0 Å². The molecule has 0 saturated carbocycles. The van der Waals surface area contributed by atoms with Gasteiger partial charge in [-0.05, 0) is 57.9 Å². The zero-order chi connectivity index (χ0) is 27.2. The highest BCUT2D eigenvalue weighted by molar-refractivity contribution is 9.10. The van der Waals surface area contributed by atoms with E-state index in [0.717, 1.165) is 17.9 Å². The molecule has 0 aliphatic heterocycles. The van der Waals surface area contributed by atoms with Gasteiger partial charge in [0.25, 0.3) is 5.91 Å². The minimum atomic E-state index is -3.93. The maximum Gasteiger partial charge on any atom is 0.260 e. The van der Waals surface area contributed by atoms with Crippen LogP contribution in [0.1, 0.15) is 11.1 Å². The van der Waals surface area contributed by atoms with Gasteiger partial charge < -0.3 is 9.47 Å². The Hall–Kier alpha value is -2.86. The van der Waals surface area contributed by atoms with E-state index in [-0.39, 0.29) is 12.3 Å². The summed E-state index contributed by atoms with van der Waals surface area (Å²) in [6, 6.07) is 13.6. The fraction of sp³-hybridized carbons (Fsp3) is 0.167. The predicted molar refractivity (Wildman–Crippen MR) is 146 cm³/mol. The second-order valence-corrected chi connectivity index (χ2v) is 11.2. The molecule has 196 valence electrons. The van der Waals surface area contributed by atoms with Gasteiger partial charge in [0.05, 0.1) is 29.7 Å². The number of para-hydroxylation sites is 1. The van der Waals surface area contributed by atoms with Gasteiger partial charge in [0.2, 0.25) is 10.0 Å². The summed E-state index contributed by atoms with van der Waals surface area (Å²) >= 11 is 15.6. The summed E-state index contributed by atoms with van der Waals surface area (Å²) in [5.41, 5.74) is 3.26. The van der Waals surface area contributed by atoms with Crippen LogP contribution >= 0.6 is 39.1 Å². The molecule has 0 spiro atoms. The van der Waals surface area contributed by atoms with Crippen LogP contribution in [-0.2, 0) is 21.4 Å². The first-order chi connectivity index (χ1) is 17.5. The first kappa shape index (κ1) is 28.7. The number of anilines is 1. The third-order valence-electron chi connectivity index (χ3n) is 4.85. The zero-order valence-corrected chi connectivity index (χ0v) is 23.5. The van der Waals surface area contributed by atoms with Crippen LogP contribution in [0.3, 0.4) is 0 Å². The number of hydrogen-bond acceptors (Lipinski definition) is 6. The number of sulfonamides is 1. The molecule has 0 bridgehead atoms. The van der Waals surface area contributed by atoms with Gasteiger partial charge in [-0.1, -0.05) is 41.4 Å². The lowest BCUT2D eigenvalue weighted by molar-refractivity contribution is -0.119. The number of nitrogens with one attached hydrogen (secondary N) is 1. The molecule has 0 saturated heterocycles. The van der Waals surface area contributed by atoms with Crippen LogP contribution in [0.2, 0.25) is 10.0 Å². The van der Waals surface area contributed by atoms with Gasteiger partial charge >= 0.3 is 0 Å². The third kappa shape index (κ3) is 7.81. The molecule has 0 aliphatic rings. The van der Waals surface area contributed by atoms with Gasteiger partial charge in [0.1, 0.15) is 19.0 Å². The Kier molecular flexibility index (Phi) is 9.77. The van der Waals surface area contributed by atoms with Crippen LogP contribution in [0.5, 0.6) is 11.5 Å². The van der Waals surface area contributed by atoms with E-state index in [0.29, 0.717) is 35.9 Å². The van der Waals surface area contributed by atoms with E-state index < -0.39 is 28.3 Å². The first-order valence-corrected chi connectivity index (χ1v) is 13.9. The maximum atomic E-state index is 14.1. The van der Waals surface area contributed by atoms with E-state index in [1.54, 1.807) is 30.3 Å². The van der Waals surface area contributed by atoms with E-state index in [1.807, 2.05) is 0 Å². The lowest BCUT2D eigenvalue weighted by Crippen LogP contribution is -2.39. The Labute approximate surface area is 232 Å². The van der Waals surface area contributed by atoms with Crippen molar-refractivity contribution < 1.29 is 27.1 Å². The Morgan fingerprint density at radius 3 is 2.57 bits per heavy atom. The van der Waals surface area contributed by atoms with Gasteiger partial charge in [0, 0.05) is 15.6 Å². The minimum Gasteiger partial charge on any atom is -0.493 e. The highest BCUT2D eigenvalue weighted by Gasteiger charge is 2.23. The maximum absolute atomic E-state index is 14.1. The molecule has 0 atom stereocenters. The van der Waals surface area contributed by atoms with Crippen molar-refractivity contribution in [2.75, 3.05) is 24.2 Å². The van der Waals surface area contributed by atoms with Gasteiger partial charge in [0.15, 0.2) is 11.5 Å². The van der Waals surface area contributed by atoms with E-state index in [2.05, 4.69) is 26.5 Å². The SMILES string of the molecule is COc1cc(/C=N\NC(=O)CN(c2ccccc2F)S(C)(=O)=O)cc(Br)c1OCc1ccc(Cl)cc1Cl. The molecule has 3 aromatic carbocycles. The molecular formula is C24H21BrCl2FN3O5S. The summed E-state index contributed by atoms with van der Waals surface area (Å²) in [7, 11) is -2.47. The third-order valence-corrected chi connectivity index (χ3v) is 7.15. The molecular weight excluding hydrogens is 612 g/mol. The number of halogens is 4. The minimum absolute atomic E-state index is 0.160. The number of carbonyl (C=O) groups is 1. The largest absolute Gasteiger partial charge is 0.493 e. The number of nitrogens with zero attached hydrogens (tertiary/aromatic N) is 2. The summed E-state index contributed by atoms with van der Waals surface area (Å²) in [4.78, 5) is 12.4. The van der Waals surface area contributed by atoms with Crippen molar-refractivity contribution in [1.29, 1.82) is 0 Å². The number of rotatable bonds is 10. The Balaban J connectivity index is 1.69. The molecule has 0 unspecified atom stereocenters. The first-order valence-electron chi connectivity index (χ1n) is 10.5. The normalized spacial score (nSPS) is 11.4. The number of hydrogen-bond donors (Lipinski definition) is 1. The predicted octanol–water partition coefficient (Wildman–Crippen LogP) is 5.40. The molecule has 0 heterocycles. The van der Waals surface area contributed by atoms with Crippen molar-refractivity contribution in [3.8, 4) is 11.5 Å². The number of carbonyl (C=O) groups excluding carboxylic acids is 1.